The molecule has 0 saturated carbocycles. The van der Waals surface area contributed by atoms with Gasteiger partial charge in [0.05, 0.1) is 12.2 Å². The molecule has 1 aromatic carbocycles. The summed E-state index contributed by atoms with van der Waals surface area (Å²) in [7, 11) is 5.82. The zero-order valence-electron chi connectivity index (χ0n) is 17.8. The van der Waals surface area contributed by atoms with E-state index in [1.54, 1.807) is 0 Å². The van der Waals surface area contributed by atoms with E-state index in [2.05, 4.69) is 47.3 Å². The van der Waals surface area contributed by atoms with Crippen LogP contribution in [0.4, 0.5) is 0 Å². The van der Waals surface area contributed by atoms with E-state index in [0.29, 0.717) is 12.5 Å². The molecule has 2 aromatic rings. The normalized spacial score (nSPS) is 12.5. The highest BCUT2D eigenvalue weighted by atomic mass is 127. The minimum atomic E-state index is 0. The fraction of sp³-hybridized carbons (Fsp3) is 0.524. The van der Waals surface area contributed by atoms with Crippen molar-refractivity contribution in [3.05, 3.63) is 47.8 Å². The van der Waals surface area contributed by atoms with Crippen LogP contribution in [0.2, 0.25) is 0 Å². The number of para-hydroxylation sites is 1. The Morgan fingerprint density at radius 3 is 2.54 bits per heavy atom. The summed E-state index contributed by atoms with van der Waals surface area (Å²) in [6, 6.07) is 9.94. The van der Waals surface area contributed by atoms with Crippen molar-refractivity contribution in [3.63, 3.8) is 0 Å². The number of aromatic nitrogens is 2. The molecule has 1 atom stereocenters. The van der Waals surface area contributed by atoms with Crippen LogP contribution < -0.4 is 10.1 Å². The Kier molecular flexibility index (Phi) is 10.3. The molecule has 2 rings (SSSR count). The second kappa shape index (κ2) is 11.9. The van der Waals surface area contributed by atoms with Gasteiger partial charge in [-0.3, -0.25) is 9.67 Å². The molecular formula is C21H34IN5O. The number of benzene rings is 1. The highest BCUT2D eigenvalue weighted by Crippen LogP contribution is 2.18. The third-order valence-corrected chi connectivity index (χ3v) is 4.45. The van der Waals surface area contributed by atoms with E-state index in [-0.39, 0.29) is 30.1 Å². The Labute approximate surface area is 186 Å². The van der Waals surface area contributed by atoms with Gasteiger partial charge in [-0.1, -0.05) is 39.0 Å². The van der Waals surface area contributed by atoms with Gasteiger partial charge in [-0.05, 0) is 24.5 Å². The molecule has 0 aliphatic carbocycles. The molecule has 6 nitrogen and oxygen atoms in total. The molecule has 1 heterocycles. The van der Waals surface area contributed by atoms with Crippen molar-refractivity contribution in [2.75, 3.05) is 20.6 Å². The van der Waals surface area contributed by atoms with Crippen molar-refractivity contribution in [2.24, 2.45) is 12.0 Å². The van der Waals surface area contributed by atoms with Crippen molar-refractivity contribution in [1.29, 1.82) is 0 Å². The lowest BCUT2D eigenvalue weighted by Crippen LogP contribution is -2.43. The maximum Gasteiger partial charge on any atom is 0.193 e. The van der Waals surface area contributed by atoms with Crippen LogP contribution in [0.1, 0.15) is 44.4 Å². The predicted molar refractivity (Wildman–Crippen MR) is 127 cm³/mol. The molecule has 1 N–H and O–H groups in total. The van der Waals surface area contributed by atoms with Gasteiger partial charge in [0.15, 0.2) is 5.96 Å². The Morgan fingerprint density at radius 2 is 1.96 bits per heavy atom. The SMILES string of the molecule is CCC(CNC(=NC)N(C)Cc1cn(C)nc1C(C)C)Oc1ccccc1.I. The Morgan fingerprint density at radius 1 is 1.29 bits per heavy atom. The third-order valence-electron chi connectivity index (χ3n) is 4.45. The van der Waals surface area contributed by atoms with E-state index >= 15 is 0 Å². The van der Waals surface area contributed by atoms with Crippen LogP contribution in [0.5, 0.6) is 5.75 Å². The zero-order chi connectivity index (χ0) is 19.8. The summed E-state index contributed by atoms with van der Waals surface area (Å²) in [5, 5.41) is 8.03. The van der Waals surface area contributed by atoms with Crippen molar-refractivity contribution in [1.82, 2.24) is 20.0 Å². The van der Waals surface area contributed by atoms with Gasteiger partial charge in [-0.25, -0.2) is 0 Å². The molecule has 7 heteroatoms. The molecule has 0 fully saturated rings. The maximum atomic E-state index is 6.06. The fourth-order valence-corrected chi connectivity index (χ4v) is 3.04. The predicted octanol–water partition coefficient (Wildman–Crippen LogP) is 4.03. The Balaban J connectivity index is 0.00000392. The van der Waals surface area contributed by atoms with Gasteiger partial charge in [-0.15, -0.1) is 24.0 Å². The first-order valence-corrected chi connectivity index (χ1v) is 9.60. The van der Waals surface area contributed by atoms with E-state index in [0.717, 1.165) is 30.4 Å². The number of halogens is 1. The standard InChI is InChI=1S/C21H33N5O.HI/c1-7-18(27-19-11-9-8-10-12-19)13-23-21(22-4)25(5)14-17-15-26(6)24-20(17)16(2)3;/h8-12,15-16,18H,7,13-14H2,1-6H3,(H,22,23);1H. The lowest BCUT2D eigenvalue weighted by Gasteiger charge is -2.25. The number of aliphatic imine (C=N–C) groups is 1. The Bertz CT molecular complexity index is 730. The van der Waals surface area contributed by atoms with Gasteiger partial charge in [0.1, 0.15) is 11.9 Å². The van der Waals surface area contributed by atoms with Crippen molar-refractivity contribution in [2.45, 2.75) is 45.8 Å². The van der Waals surface area contributed by atoms with E-state index in [1.807, 2.05) is 56.2 Å². The first kappa shape index (κ1) is 24.3. The third kappa shape index (κ3) is 7.00. The first-order chi connectivity index (χ1) is 12.9. The molecule has 0 amide bonds. The average molecular weight is 499 g/mol. The largest absolute Gasteiger partial charge is 0.489 e. The highest BCUT2D eigenvalue weighted by molar-refractivity contribution is 14.0. The van der Waals surface area contributed by atoms with Crippen molar-refractivity contribution >= 4 is 29.9 Å². The van der Waals surface area contributed by atoms with Gasteiger partial charge in [0.2, 0.25) is 0 Å². The average Bonchev–Trinajstić information content (AvgIpc) is 3.02. The summed E-state index contributed by atoms with van der Waals surface area (Å²) in [4.78, 5) is 6.55. The quantitative estimate of drug-likeness (QED) is 0.339. The van der Waals surface area contributed by atoms with Gasteiger partial charge >= 0.3 is 0 Å². The number of hydrogen-bond acceptors (Lipinski definition) is 3. The molecule has 0 spiro atoms. The highest BCUT2D eigenvalue weighted by Gasteiger charge is 2.16. The summed E-state index contributed by atoms with van der Waals surface area (Å²) in [5.41, 5.74) is 2.36. The van der Waals surface area contributed by atoms with Crippen molar-refractivity contribution < 1.29 is 4.74 Å². The summed E-state index contributed by atoms with van der Waals surface area (Å²) in [6.45, 7) is 7.94. The van der Waals surface area contributed by atoms with E-state index in [9.17, 15) is 0 Å². The molecule has 1 aromatic heterocycles. The minimum Gasteiger partial charge on any atom is -0.489 e. The lowest BCUT2D eigenvalue weighted by atomic mass is 10.1. The van der Waals surface area contributed by atoms with Gasteiger partial charge in [-0.2, -0.15) is 5.10 Å². The van der Waals surface area contributed by atoms with Crippen LogP contribution in [-0.2, 0) is 13.6 Å². The number of nitrogens with one attached hydrogen (secondary N) is 1. The second-order valence-electron chi connectivity index (χ2n) is 7.11. The summed E-state index contributed by atoms with van der Waals surface area (Å²) >= 11 is 0. The summed E-state index contributed by atoms with van der Waals surface area (Å²) in [6.07, 6.45) is 3.09. The van der Waals surface area contributed by atoms with E-state index in [1.165, 1.54) is 5.56 Å². The van der Waals surface area contributed by atoms with Gasteiger partial charge < -0.3 is 15.0 Å². The van der Waals surface area contributed by atoms with Crippen LogP contribution >= 0.6 is 24.0 Å². The van der Waals surface area contributed by atoms with Crippen LogP contribution in [0.3, 0.4) is 0 Å². The monoisotopic (exact) mass is 499 g/mol. The molecule has 0 saturated heterocycles. The zero-order valence-corrected chi connectivity index (χ0v) is 20.2. The van der Waals surface area contributed by atoms with E-state index < -0.39 is 0 Å². The molecule has 156 valence electrons. The summed E-state index contributed by atoms with van der Waals surface area (Å²) < 4.78 is 7.95. The minimum absolute atomic E-state index is 0. The Hall–Kier alpha value is -1.77. The molecule has 1 unspecified atom stereocenters. The first-order valence-electron chi connectivity index (χ1n) is 9.60. The molecular weight excluding hydrogens is 465 g/mol. The van der Waals surface area contributed by atoms with E-state index in [4.69, 9.17) is 4.74 Å². The van der Waals surface area contributed by atoms with Crippen LogP contribution in [0, 0.1) is 0 Å². The van der Waals surface area contributed by atoms with Crippen LogP contribution in [0.25, 0.3) is 0 Å². The fourth-order valence-electron chi connectivity index (χ4n) is 3.04. The van der Waals surface area contributed by atoms with Crippen LogP contribution in [-0.4, -0.2) is 47.4 Å². The smallest absolute Gasteiger partial charge is 0.193 e. The summed E-state index contributed by atoms with van der Waals surface area (Å²) in [5.74, 6) is 2.14. The lowest BCUT2D eigenvalue weighted by molar-refractivity contribution is 0.198. The number of nitrogens with zero attached hydrogens (tertiary/aromatic N) is 4. The molecule has 0 bridgehead atoms. The number of rotatable bonds is 8. The molecule has 0 radical (unpaired) electrons. The molecule has 0 aliphatic rings. The molecule has 28 heavy (non-hydrogen) atoms. The van der Waals surface area contributed by atoms with Crippen LogP contribution in [0.15, 0.2) is 41.5 Å². The maximum absolute atomic E-state index is 6.06. The number of aryl methyl sites for hydroxylation is 1. The second-order valence-corrected chi connectivity index (χ2v) is 7.11. The number of hydrogen-bond donors (Lipinski definition) is 1. The number of ether oxygens (including phenoxy) is 1. The molecule has 0 aliphatic heterocycles. The number of guanidine groups is 1. The van der Waals surface area contributed by atoms with Gasteiger partial charge in [0.25, 0.3) is 0 Å². The van der Waals surface area contributed by atoms with Gasteiger partial charge in [0, 0.05) is 39.4 Å². The topological polar surface area (TPSA) is 54.7 Å². The van der Waals surface area contributed by atoms with Crippen molar-refractivity contribution in [3.8, 4) is 5.75 Å².